The smallest absolute Gasteiger partial charge is 0.218 e. The van der Waals surface area contributed by atoms with Crippen molar-refractivity contribution in [3.63, 3.8) is 0 Å². The number of nitrogens with zero attached hydrogens (tertiary/aromatic N) is 3. The minimum absolute atomic E-state index is 0.288. The first-order valence-corrected chi connectivity index (χ1v) is 6.20. The molecule has 0 spiro atoms. The molecule has 2 atom stereocenters. The van der Waals surface area contributed by atoms with E-state index < -0.39 is 5.95 Å². The third-order valence-corrected chi connectivity index (χ3v) is 3.65. The molecule has 1 aromatic heterocycles. The SMILES string of the molecule is Fc1cc(N2CCOC3CCCCC32)ncn1. The van der Waals surface area contributed by atoms with E-state index in [1.165, 1.54) is 25.2 Å². The van der Waals surface area contributed by atoms with E-state index in [1.807, 2.05) is 0 Å². The highest BCUT2D eigenvalue weighted by atomic mass is 19.1. The van der Waals surface area contributed by atoms with E-state index in [2.05, 4.69) is 14.9 Å². The lowest BCUT2D eigenvalue weighted by Gasteiger charge is -2.44. The monoisotopic (exact) mass is 237 g/mol. The summed E-state index contributed by atoms with van der Waals surface area (Å²) in [7, 11) is 0. The van der Waals surface area contributed by atoms with Gasteiger partial charge in [0.25, 0.3) is 0 Å². The maximum Gasteiger partial charge on any atom is 0.218 e. The zero-order valence-electron chi connectivity index (χ0n) is 9.68. The van der Waals surface area contributed by atoms with Crippen LogP contribution < -0.4 is 4.90 Å². The van der Waals surface area contributed by atoms with Crippen LogP contribution in [-0.2, 0) is 4.74 Å². The van der Waals surface area contributed by atoms with Crippen LogP contribution in [0.15, 0.2) is 12.4 Å². The lowest BCUT2D eigenvalue weighted by atomic mass is 9.90. The first-order valence-electron chi connectivity index (χ1n) is 6.20. The Bertz CT molecular complexity index is 399. The number of fused-ring (bicyclic) bond motifs is 1. The summed E-state index contributed by atoms with van der Waals surface area (Å²) in [5.41, 5.74) is 0. The van der Waals surface area contributed by atoms with Gasteiger partial charge in [0.2, 0.25) is 5.95 Å². The number of rotatable bonds is 1. The summed E-state index contributed by atoms with van der Waals surface area (Å²) < 4.78 is 18.9. The Balaban J connectivity index is 1.85. The first-order chi connectivity index (χ1) is 8.34. The summed E-state index contributed by atoms with van der Waals surface area (Å²) in [6, 6.07) is 1.77. The predicted molar refractivity (Wildman–Crippen MR) is 61.3 cm³/mol. The first kappa shape index (κ1) is 10.9. The number of halogens is 1. The molecule has 1 aliphatic heterocycles. The van der Waals surface area contributed by atoms with E-state index in [9.17, 15) is 4.39 Å². The molecular formula is C12H16FN3O. The predicted octanol–water partition coefficient (Wildman–Crippen LogP) is 1.76. The van der Waals surface area contributed by atoms with Gasteiger partial charge in [0.1, 0.15) is 12.1 Å². The van der Waals surface area contributed by atoms with Gasteiger partial charge in [0.15, 0.2) is 0 Å². The van der Waals surface area contributed by atoms with Gasteiger partial charge in [-0.2, -0.15) is 4.39 Å². The molecule has 17 heavy (non-hydrogen) atoms. The average molecular weight is 237 g/mol. The Morgan fingerprint density at radius 2 is 2.18 bits per heavy atom. The lowest BCUT2D eigenvalue weighted by molar-refractivity contribution is -0.00902. The summed E-state index contributed by atoms with van der Waals surface area (Å²) in [4.78, 5) is 9.86. The third-order valence-electron chi connectivity index (χ3n) is 3.65. The normalized spacial score (nSPS) is 28.9. The van der Waals surface area contributed by atoms with Crippen molar-refractivity contribution in [2.24, 2.45) is 0 Å². The molecule has 5 heteroatoms. The maximum absolute atomic E-state index is 13.1. The Morgan fingerprint density at radius 3 is 3.06 bits per heavy atom. The number of hydrogen-bond acceptors (Lipinski definition) is 4. The van der Waals surface area contributed by atoms with E-state index in [0.29, 0.717) is 18.5 Å². The minimum atomic E-state index is -0.464. The summed E-state index contributed by atoms with van der Waals surface area (Å²) in [6.45, 7) is 1.49. The Kier molecular flexibility index (Phi) is 2.93. The fraction of sp³-hybridized carbons (Fsp3) is 0.667. The van der Waals surface area contributed by atoms with Crippen LogP contribution >= 0.6 is 0 Å². The van der Waals surface area contributed by atoms with Crippen molar-refractivity contribution < 1.29 is 9.13 Å². The molecular weight excluding hydrogens is 221 g/mol. The molecule has 0 amide bonds. The van der Waals surface area contributed by atoms with Crippen LogP contribution in [0, 0.1) is 5.95 Å². The van der Waals surface area contributed by atoms with Crippen LogP contribution in [0.2, 0.25) is 0 Å². The standard InChI is InChI=1S/C12H16FN3O/c13-11-7-12(15-8-14-11)16-5-6-17-10-4-2-1-3-9(10)16/h7-10H,1-6H2. The van der Waals surface area contributed by atoms with Crippen LogP contribution in [0.1, 0.15) is 25.7 Å². The summed E-state index contributed by atoms with van der Waals surface area (Å²) in [5, 5.41) is 0. The number of morpholine rings is 1. The van der Waals surface area contributed by atoms with E-state index in [0.717, 1.165) is 19.4 Å². The Hall–Kier alpha value is -1.23. The van der Waals surface area contributed by atoms with Gasteiger partial charge in [-0.15, -0.1) is 0 Å². The lowest BCUT2D eigenvalue weighted by Crippen LogP contribution is -2.53. The molecule has 0 N–H and O–H groups in total. The van der Waals surface area contributed by atoms with Crippen molar-refractivity contribution in [1.82, 2.24) is 9.97 Å². The quantitative estimate of drug-likeness (QED) is 0.698. The number of ether oxygens (including phenoxy) is 1. The van der Waals surface area contributed by atoms with Gasteiger partial charge in [-0.05, 0) is 12.8 Å². The zero-order chi connectivity index (χ0) is 11.7. The molecule has 1 aromatic rings. The second-order valence-corrected chi connectivity index (χ2v) is 4.65. The van der Waals surface area contributed by atoms with Gasteiger partial charge in [-0.25, -0.2) is 9.97 Å². The Labute approximate surface area is 99.8 Å². The van der Waals surface area contributed by atoms with Crippen LogP contribution in [0.3, 0.4) is 0 Å². The van der Waals surface area contributed by atoms with Crippen molar-refractivity contribution in [2.75, 3.05) is 18.1 Å². The molecule has 2 fully saturated rings. The van der Waals surface area contributed by atoms with E-state index in [4.69, 9.17) is 4.74 Å². The third kappa shape index (κ3) is 2.11. The van der Waals surface area contributed by atoms with Crippen molar-refractivity contribution in [3.05, 3.63) is 18.3 Å². The second kappa shape index (κ2) is 4.56. The van der Waals surface area contributed by atoms with Crippen LogP contribution in [0.25, 0.3) is 0 Å². The fourth-order valence-corrected chi connectivity index (χ4v) is 2.86. The molecule has 1 saturated carbocycles. The van der Waals surface area contributed by atoms with Gasteiger partial charge in [0.05, 0.1) is 18.8 Å². The Morgan fingerprint density at radius 1 is 1.29 bits per heavy atom. The van der Waals surface area contributed by atoms with Crippen LogP contribution in [-0.4, -0.2) is 35.3 Å². The van der Waals surface area contributed by atoms with Crippen molar-refractivity contribution in [2.45, 2.75) is 37.8 Å². The zero-order valence-corrected chi connectivity index (χ0v) is 9.68. The summed E-state index contributed by atoms with van der Waals surface area (Å²) >= 11 is 0. The molecule has 4 nitrogen and oxygen atoms in total. The minimum Gasteiger partial charge on any atom is -0.374 e. The largest absolute Gasteiger partial charge is 0.374 e. The molecule has 1 aliphatic carbocycles. The molecule has 0 aromatic carbocycles. The van der Waals surface area contributed by atoms with Gasteiger partial charge in [-0.1, -0.05) is 12.8 Å². The molecule has 1 saturated heterocycles. The van der Waals surface area contributed by atoms with E-state index >= 15 is 0 Å². The van der Waals surface area contributed by atoms with Gasteiger partial charge < -0.3 is 9.64 Å². The molecule has 3 rings (SSSR count). The van der Waals surface area contributed by atoms with Crippen molar-refractivity contribution >= 4 is 5.82 Å². The maximum atomic E-state index is 13.1. The topological polar surface area (TPSA) is 38.2 Å². The van der Waals surface area contributed by atoms with Gasteiger partial charge in [0, 0.05) is 12.6 Å². The van der Waals surface area contributed by atoms with Crippen LogP contribution in [0.5, 0.6) is 0 Å². The molecule has 2 heterocycles. The molecule has 92 valence electrons. The highest BCUT2D eigenvalue weighted by molar-refractivity contribution is 5.39. The van der Waals surface area contributed by atoms with Gasteiger partial charge >= 0.3 is 0 Å². The van der Waals surface area contributed by atoms with E-state index in [1.54, 1.807) is 0 Å². The summed E-state index contributed by atoms with van der Waals surface area (Å²) in [6.07, 6.45) is 6.24. The molecule has 0 bridgehead atoms. The van der Waals surface area contributed by atoms with Gasteiger partial charge in [-0.3, -0.25) is 0 Å². The molecule has 0 radical (unpaired) electrons. The molecule has 2 unspecified atom stereocenters. The highest BCUT2D eigenvalue weighted by Gasteiger charge is 2.34. The molecule has 2 aliphatic rings. The number of hydrogen-bond donors (Lipinski definition) is 0. The van der Waals surface area contributed by atoms with Crippen LogP contribution in [0.4, 0.5) is 10.2 Å². The average Bonchev–Trinajstić information content (AvgIpc) is 2.38. The van der Waals surface area contributed by atoms with Crippen molar-refractivity contribution in [3.8, 4) is 0 Å². The van der Waals surface area contributed by atoms with Crippen molar-refractivity contribution in [1.29, 1.82) is 0 Å². The van der Waals surface area contributed by atoms with E-state index in [-0.39, 0.29) is 6.10 Å². The fourth-order valence-electron chi connectivity index (χ4n) is 2.86. The number of anilines is 1. The number of aromatic nitrogens is 2. The second-order valence-electron chi connectivity index (χ2n) is 4.65. The highest BCUT2D eigenvalue weighted by Crippen LogP contribution is 2.30. The summed E-state index contributed by atoms with van der Waals surface area (Å²) in [5.74, 6) is 0.228.